The van der Waals surface area contributed by atoms with Gasteiger partial charge >= 0.3 is 0 Å². The van der Waals surface area contributed by atoms with Gasteiger partial charge in [0, 0.05) is 18.3 Å². The van der Waals surface area contributed by atoms with Gasteiger partial charge in [-0.3, -0.25) is 4.79 Å². The Morgan fingerprint density at radius 1 is 1.10 bits per heavy atom. The minimum Gasteiger partial charge on any atom is -0.474 e. The summed E-state index contributed by atoms with van der Waals surface area (Å²) < 4.78 is 7.71. The topological polar surface area (TPSA) is 69.0 Å². The van der Waals surface area contributed by atoms with Crippen LogP contribution in [0.4, 0.5) is 0 Å². The molecular weight excluding hydrogens is 388 g/mol. The van der Waals surface area contributed by atoms with Crippen molar-refractivity contribution in [1.29, 1.82) is 0 Å². The third-order valence-electron chi connectivity index (χ3n) is 5.25. The standard InChI is InChI=1S/C22H23ClN4O2/c1-15-20(14-25-27(15)18-5-3-2-4-6-18)22(28)26-17-8-10-19(11-9-17)29-21-12-7-16(23)13-24-21/h2-7,12-14,17,19H,8-11H2,1H3,(H,26,28). The quantitative estimate of drug-likeness (QED) is 0.678. The number of nitrogens with zero attached hydrogens (tertiary/aromatic N) is 3. The van der Waals surface area contributed by atoms with Crippen LogP contribution < -0.4 is 10.1 Å². The number of hydrogen-bond acceptors (Lipinski definition) is 4. The molecular formula is C22H23ClN4O2. The Labute approximate surface area is 174 Å². The first-order valence-electron chi connectivity index (χ1n) is 9.79. The van der Waals surface area contributed by atoms with Crippen LogP contribution in [0.1, 0.15) is 41.7 Å². The molecule has 1 aliphatic carbocycles. The van der Waals surface area contributed by atoms with Crippen LogP contribution in [0.2, 0.25) is 5.02 Å². The fourth-order valence-electron chi connectivity index (χ4n) is 3.65. The number of amides is 1. The Bertz CT molecular complexity index is 964. The number of benzene rings is 1. The average molecular weight is 411 g/mol. The Balaban J connectivity index is 1.32. The Morgan fingerprint density at radius 2 is 1.86 bits per heavy atom. The first-order valence-corrected chi connectivity index (χ1v) is 10.2. The molecule has 7 heteroatoms. The molecule has 29 heavy (non-hydrogen) atoms. The lowest BCUT2D eigenvalue weighted by molar-refractivity contribution is 0.0889. The SMILES string of the molecule is Cc1c(C(=O)NC2CCC(Oc3ccc(Cl)cn3)CC2)cnn1-c1ccccc1. The summed E-state index contributed by atoms with van der Waals surface area (Å²) in [6.45, 7) is 1.92. The number of ether oxygens (including phenoxy) is 1. The van der Waals surface area contributed by atoms with E-state index in [0.29, 0.717) is 16.5 Å². The van der Waals surface area contributed by atoms with Crippen molar-refractivity contribution in [2.24, 2.45) is 0 Å². The molecule has 0 spiro atoms. The number of halogens is 1. The third kappa shape index (κ3) is 4.59. The second-order valence-electron chi connectivity index (χ2n) is 7.27. The maximum Gasteiger partial charge on any atom is 0.254 e. The van der Waals surface area contributed by atoms with Crippen LogP contribution in [-0.2, 0) is 0 Å². The first-order chi connectivity index (χ1) is 14.1. The Hall–Kier alpha value is -2.86. The molecule has 1 N–H and O–H groups in total. The molecule has 2 heterocycles. The predicted molar refractivity (Wildman–Crippen MR) is 112 cm³/mol. The smallest absolute Gasteiger partial charge is 0.254 e. The van der Waals surface area contributed by atoms with Gasteiger partial charge in [0.15, 0.2) is 0 Å². The van der Waals surface area contributed by atoms with Crippen molar-refractivity contribution in [3.63, 3.8) is 0 Å². The molecule has 0 unspecified atom stereocenters. The van der Waals surface area contributed by atoms with Crippen LogP contribution in [0.3, 0.4) is 0 Å². The highest BCUT2D eigenvalue weighted by Gasteiger charge is 2.25. The summed E-state index contributed by atoms with van der Waals surface area (Å²) in [5.41, 5.74) is 2.38. The molecule has 0 saturated heterocycles. The fraction of sp³-hybridized carbons (Fsp3) is 0.318. The van der Waals surface area contributed by atoms with E-state index < -0.39 is 0 Å². The molecule has 0 aliphatic heterocycles. The van der Waals surface area contributed by atoms with E-state index in [1.165, 1.54) is 0 Å². The lowest BCUT2D eigenvalue weighted by Crippen LogP contribution is -2.39. The van der Waals surface area contributed by atoms with E-state index in [0.717, 1.165) is 37.1 Å². The number of hydrogen-bond donors (Lipinski definition) is 1. The van der Waals surface area contributed by atoms with Gasteiger partial charge in [-0.2, -0.15) is 5.10 Å². The molecule has 1 fully saturated rings. The first kappa shape index (κ1) is 19.5. The van der Waals surface area contributed by atoms with Gasteiger partial charge in [-0.1, -0.05) is 29.8 Å². The normalized spacial score (nSPS) is 19.0. The van der Waals surface area contributed by atoms with Gasteiger partial charge in [0.1, 0.15) is 6.10 Å². The molecule has 1 saturated carbocycles. The summed E-state index contributed by atoms with van der Waals surface area (Å²) in [4.78, 5) is 16.9. The highest BCUT2D eigenvalue weighted by Crippen LogP contribution is 2.24. The fourth-order valence-corrected chi connectivity index (χ4v) is 3.76. The van der Waals surface area contributed by atoms with Crippen molar-refractivity contribution < 1.29 is 9.53 Å². The van der Waals surface area contributed by atoms with E-state index in [4.69, 9.17) is 16.3 Å². The number of nitrogens with one attached hydrogen (secondary N) is 1. The van der Waals surface area contributed by atoms with Gasteiger partial charge in [-0.25, -0.2) is 9.67 Å². The van der Waals surface area contributed by atoms with Crippen LogP contribution in [0, 0.1) is 6.92 Å². The van der Waals surface area contributed by atoms with Crippen LogP contribution in [0.25, 0.3) is 5.69 Å². The van der Waals surface area contributed by atoms with Crippen molar-refractivity contribution >= 4 is 17.5 Å². The molecule has 1 aromatic carbocycles. The maximum atomic E-state index is 12.8. The molecule has 1 amide bonds. The molecule has 0 bridgehead atoms. The van der Waals surface area contributed by atoms with E-state index >= 15 is 0 Å². The summed E-state index contributed by atoms with van der Waals surface area (Å²) >= 11 is 5.86. The number of carbonyl (C=O) groups is 1. The van der Waals surface area contributed by atoms with Crippen LogP contribution in [0.15, 0.2) is 54.9 Å². The van der Waals surface area contributed by atoms with E-state index in [-0.39, 0.29) is 18.1 Å². The van der Waals surface area contributed by atoms with E-state index in [2.05, 4.69) is 15.4 Å². The monoisotopic (exact) mass is 410 g/mol. The molecule has 6 nitrogen and oxygen atoms in total. The largest absolute Gasteiger partial charge is 0.474 e. The minimum absolute atomic E-state index is 0.0755. The van der Waals surface area contributed by atoms with Gasteiger partial charge in [-0.15, -0.1) is 0 Å². The van der Waals surface area contributed by atoms with Gasteiger partial charge in [0.25, 0.3) is 5.91 Å². The van der Waals surface area contributed by atoms with Crippen molar-refractivity contribution in [3.05, 3.63) is 71.1 Å². The van der Waals surface area contributed by atoms with Crippen molar-refractivity contribution in [1.82, 2.24) is 20.1 Å². The van der Waals surface area contributed by atoms with Crippen molar-refractivity contribution in [3.8, 4) is 11.6 Å². The molecule has 1 aliphatic rings. The molecule has 0 radical (unpaired) electrons. The van der Waals surface area contributed by atoms with Gasteiger partial charge in [0.2, 0.25) is 5.88 Å². The van der Waals surface area contributed by atoms with Crippen molar-refractivity contribution in [2.75, 3.05) is 0 Å². The molecule has 2 aromatic heterocycles. The number of para-hydroxylation sites is 1. The highest BCUT2D eigenvalue weighted by atomic mass is 35.5. The average Bonchev–Trinajstić information content (AvgIpc) is 3.13. The lowest BCUT2D eigenvalue weighted by atomic mass is 9.92. The van der Waals surface area contributed by atoms with Crippen LogP contribution >= 0.6 is 11.6 Å². The van der Waals surface area contributed by atoms with Crippen molar-refractivity contribution in [2.45, 2.75) is 44.8 Å². The molecule has 4 rings (SSSR count). The summed E-state index contributed by atoms with van der Waals surface area (Å²) in [5.74, 6) is 0.513. The van der Waals surface area contributed by atoms with Gasteiger partial charge < -0.3 is 10.1 Å². The molecule has 150 valence electrons. The van der Waals surface area contributed by atoms with E-state index in [1.54, 1.807) is 29.2 Å². The third-order valence-corrected chi connectivity index (χ3v) is 5.48. The summed E-state index contributed by atoms with van der Waals surface area (Å²) in [6, 6.07) is 13.5. The van der Waals surface area contributed by atoms with Gasteiger partial charge in [-0.05, 0) is 50.8 Å². The second kappa shape index (κ2) is 8.66. The molecule has 0 atom stereocenters. The zero-order chi connectivity index (χ0) is 20.2. The maximum absolute atomic E-state index is 12.8. The number of aromatic nitrogens is 3. The van der Waals surface area contributed by atoms with Crippen LogP contribution in [-0.4, -0.2) is 32.8 Å². The zero-order valence-corrected chi connectivity index (χ0v) is 17.0. The highest BCUT2D eigenvalue weighted by molar-refractivity contribution is 6.30. The number of pyridine rings is 1. The lowest BCUT2D eigenvalue weighted by Gasteiger charge is -2.29. The summed E-state index contributed by atoms with van der Waals surface area (Å²) in [6.07, 6.45) is 6.82. The van der Waals surface area contributed by atoms with Gasteiger partial charge in [0.05, 0.1) is 28.2 Å². The summed E-state index contributed by atoms with van der Waals surface area (Å²) in [7, 11) is 0. The number of rotatable bonds is 5. The Morgan fingerprint density at radius 3 is 2.55 bits per heavy atom. The summed E-state index contributed by atoms with van der Waals surface area (Å²) in [5, 5.41) is 8.13. The Kier molecular flexibility index (Phi) is 5.81. The minimum atomic E-state index is -0.0755. The zero-order valence-electron chi connectivity index (χ0n) is 16.2. The predicted octanol–water partition coefficient (Wildman–Crippen LogP) is 4.35. The van der Waals surface area contributed by atoms with E-state index in [1.807, 2.05) is 37.3 Å². The van der Waals surface area contributed by atoms with Crippen LogP contribution in [0.5, 0.6) is 5.88 Å². The number of carbonyl (C=O) groups excluding carboxylic acids is 1. The second-order valence-corrected chi connectivity index (χ2v) is 7.71. The molecule has 3 aromatic rings. The van der Waals surface area contributed by atoms with E-state index in [9.17, 15) is 4.79 Å².